The van der Waals surface area contributed by atoms with Crippen LogP contribution >= 0.6 is 0 Å². The summed E-state index contributed by atoms with van der Waals surface area (Å²) in [6.07, 6.45) is 0. The molecule has 0 aromatic heterocycles. The summed E-state index contributed by atoms with van der Waals surface area (Å²) in [6.45, 7) is 6.62. The summed E-state index contributed by atoms with van der Waals surface area (Å²) in [5.74, 6) is -0.559. The zero-order valence-electron chi connectivity index (χ0n) is 14.5. The number of carbonyl (C=O) groups is 1. The van der Waals surface area contributed by atoms with Crippen molar-refractivity contribution in [3.05, 3.63) is 53.6 Å². The zero-order chi connectivity index (χ0) is 18.6. The molecule has 1 amide bonds. The Hall–Kier alpha value is -2.54. The van der Waals surface area contributed by atoms with Gasteiger partial charge in [0, 0.05) is 19.2 Å². The van der Waals surface area contributed by atoms with Crippen LogP contribution in [0.5, 0.6) is 5.75 Å². The number of anilines is 1. The van der Waals surface area contributed by atoms with E-state index in [2.05, 4.69) is 4.72 Å². The summed E-state index contributed by atoms with van der Waals surface area (Å²) in [6, 6.07) is 10.6. The minimum atomic E-state index is -3.76. The number of aromatic hydroxyl groups is 1. The Bertz CT molecular complexity index is 857. The highest BCUT2D eigenvalue weighted by molar-refractivity contribution is 7.92. The molecule has 0 unspecified atom stereocenters. The summed E-state index contributed by atoms with van der Waals surface area (Å²) >= 11 is 0. The average Bonchev–Trinajstić information content (AvgIpc) is 2.56. The molecule has 6 nitrogen and oxygen atoms in total. The van der Waals surface area contributed by atoms with Crippen molar-refractivity contribution in [3.8, 4) is 5.75 Å². The van der Waals surface area contributed by atoms with Crippen LogP contribution in [0.25, 0.3) is 0 Å². The predicted octanol–water partition coefficient (Wildman–Crippen LogP) is 2.98. The number of hydrogen-bond acceptors (Lipinski definition) is 4. The van der Waals surface area contributed by atoms with Gasteiger partial charge in [0.2, 0.25) is 0 Å². The van der Waals surface area contributed by atoms with Gasteiger partial charge in [-0.15, -0.1) is 0 Å². The first-order chi connectivity index (χ1) is 11.8. The fourth-order valence-corrected chi connectivity index (χ4v) is 3.44. The molecule has 0 radical (unpaired) electrons. The molecule has 7 heteroatoms. The van der Waals surface area contributed by atoms with E-state index in [1.165, 1.54) is 30.3 Å². The number of amides is 1. The fourth-order valence-electron chi connectivity index (χ4n) is 2.39. The lowest BCUT2D eigenvalue weighted by Gasteiger charge is -2.19. The molecule has 0 fully saturated rings. The molecule has 2 N–H and O–H groups in total. The Balaban J connectivity index is 2.26. The van der Waals surface area contributed by atoms with Crippen molar-refractivity contribution in [2.24, 2.45) is 0 Å². The Morgan fingerprint density at radius 2 is 1.68 bits per heavy atom. The van der Waals surface area contributed by atoms with E-state index in [1.54, 1.807) is 17.0 Å². The number of sulfonamides is 1. The largest absolute Gasteiger partial charge is 0.507 e. The van der Waals surface area contributed by atoms with Gasteiger partial charge in [-0.05, 0) is 45.0 Å². The first-order valence-electron chi connectivity index (χ1n) is 8.00. The fraction of sp³-hybridized carbons (Fsp3) is 0.278. The van der Waals surface area contributed by atoms with Crippen molar-refractivity contribution in [1.82, 2.24) is 4.90 Å². The van der Waals surface area contributed by atoms with Crippen molar-refractivity contribution in [2.45, 2.75) is 25.7 Å². The molecule has 0 bridgehead atoms. The number of phenolic OH excluding ortho intramolecular Hbond substituents is 1. The molecule has 0 aliphatic rings. The van der Waals surface area contributed by atoms with Gasteiger partial charge in [0.15, 0.2) is 0 Å². The molecule has 25 heavy (non-hydrogen) atoms. The maximum Gasteiger partial charge on any atom is 0.261 e. The van der Waals surface area contributed by atoms with E-state index in [4.69, 9.17) is 0 Å². The monoisotopic (exact) mass is 362 g/mol. The molecule has 2 aromatic carbocycles. The second kappa shape index (κ2) is 7.57. The van der Waals surface area contributed by atoms with Gasteiger partial charge in [0.1, 0.15) is 5.75 Å². The first-order valence-corrected chi connectivity index (χ1v) is 9.48. The number of nitrogens with zero attached hydrogens (tertiary/aromatic N) is 1. The van der Waals surface area contributed by atoms with Crippen molar-refractivity contribution in [2.75, 3.05) is 17.8 Å². The first kappa shape index (κ1) is 18.8. The van der Waals surface area contributed by atoms with Gasteiger partial charge in [0.25, 0.3) is 15.9 Å². The third kappa shape index (κ3) is 4.30. The molecule has 2 aromatic rings. The van der Waals surface area contributed by atoms with Crippen LogP contribution in [0.2, 0.25) is 0 Å². The Labute approximate surface area is 148 Å². The second-order valence-corrected chi connectivity index (χ2v) is 7.31. The van der Waals surface area contributed by atoms with Gasteiger partial charge in [-0.2, -0.15) is 0 Å². The quantitative estimate of drug-likeness (QED) is 0.827. The number of phenols is 1. The summed E-state index contributed by atoms with van der Waals surface area (Å²) in [4.78, 5) is 14.0. The van der Waals surface area contributed by atoms with E-state index in [0.29, 0.717) is 13.1 Å². The highest BCUT2D eigenvalue weighted by Gasteiger charge is 2.19. The van der Waals surface area contributed by atoms with Crippen LogP contribution in [0.15, 0.2) is 47.4 Å². The van der Waals surface area contributed by atoms with E-state index in [0.717, 1.165) is 5.56 Å². The molecule has 0 atom stereocenters. The van der Waals surface area contributed by atoms with Crippen molar-refractivity contribution >= 4 is 21.6 Å². The van der Waals surface area contributed by atoms with Gasteiger partial charge in [-0.3, -0.25) is 9.52 Å². The van der Waals surface area contributed by atoms with Crippen molar-refractivity contribution < 1.29 is 18.3 Å². The van der Waals surface area contributed by atoms with E-state index in [-0.39, 0.29) is 27.8 Å². The van der Waals surface area contributed by atoms with Crippen LogP contribution in [0.1, 0.15) is 29.8 Å². The summed E-state index contributed by atoms with van der Waals surface area (Å²) in [5, 5.41) is 10.1. The Morgan fingerprint density at radius 3 is 2.20 bits per heavy atom. The molecule has 0 saturated heterocycles. The number of nitrogens with one attached hydrogen (secondary N) is 1. The topological polar surface area (TPSA) is 86.7 Å². The minimum absolute atomic E-state index is 0.126. The molecule has 0 saturated carbocycles. The summed E-state index contributed by atoms with van der Waals surface area (Å²) < 4.78 is 27.2. The Kier molecular flexibility index (Phi) is 5.69. The maximum absolute atomic E-state index is 12.4. The van der Waals surface area contributed by atoms with E-state index in [9.17, 15) is 18.3 Å². The number of rotatable bonds is 6. The van der Waals surface area contributed by atoms with E-state index in [1.807, 2.05) is 20.8 Å². The number of aryl methyl sites for hydroxylation is 1. The van der Waals surface area contributed by atoms with Gasteiger partial charge in [0.05, 0.1) is 16.1 Å². The van der Waals surface area contributed by atoms with Crippen molar-refractivity contribution in [1.29, 1.82) is 0 Å². The normalized spacial score (nSPS) is 11.2. The molecule has 0 aliphatic carbocycles. The average molecular weight is 362 g/mol. The summed E-state index contributed by atoms with van der Waals surface area (Å²) in [7, 11) is -3.76. The molecular weight excluding hydrogens is 340 g/mol. The lowest BCUT2D eigenvalue weighted by atomic mass is 10.1. The second-order valence-electron chi connectivity index (χ2n) is 5.63. The van der Waals surface area contributed by atoms with Crippen LogP contribution < -0.4 is 4.72 Å². The van der Waals surface area contributed by atoms with Crippen LogP contribution in [0.3, 0.4) is 0 Å². The van der Waals surface area contributed by atoms with Crippen molar-refractivity contribution in [3.63, 3.8) is 0 Å². The molecule has 0 heterocycles. The lowest BCUT2D eigenvalue weighted by Crippen LogP contribution is -2.30. The molecular formula is C18H22N2O4S. The molecule has 2 rings (SSSR count). The van der Waals surface area contributed by atoms with Gasteiger partial charge < -0.3 is 10.0 Å². The summed E-state index contributed by atoms with van der Waals surface area (Å²) in [5.41, 5.74) is 1.28. The van der Waals surface area contributed by atoms with E-state index >= 15 is 0 Å². The zero-order valence-corrected chi connectivity index (χ0v) is 15.3. The number of carbonyl (C=O) groups excluding carboxylic acids is 1. The number of hydrogen-bond donors (Lipinski definition) is 2. The lowest BCUT2D eigenvalue weighted by molar-refractivity contribution is 0.0770. The third-order valence-electron chi connectivity index (χ3n) is 3.86. The number of benzene rings is 2. The maximum atomic E-state index is 12.4. The highest BCUT2D eigenvalue weighted by Crippen LogP contribution is 2.25. The van der Waals surface area contributed by atoms with Crippen LogP contribution in [-0.4, -0.2) is 37.4 Å². The van der Waals surface area contributed by atoms with Gasteiger partial charge in [-0.1, -0.05) is 17.7 Å². The van der Waals surface area contributed by atoms with E-state index < -0.39 is 10.0 Å². The Morgan fingerprint density at radius 1 is 1.08 bits per heavy atom. The minimum Gasteiger partial charge on any atom is -0.507 e. The molecule has 0 spiro atoms. The molecule has 0 aliphatic heterocycles. The standard InChI is InChI=1S/C18H22N2O4S/c1-4-20(5-2)18(22)16-11-8-14(12-17(16)21)19-25(23,24)15-9-6-13(3)7-10-15/h6-12,19,21H,4-5H2,1-3H3. The SMILES string of the molecule is CCN(CC)C(=O)c1ccc(NS(=O)(=O)c2ccc(C)cc2)cc1O. The highest BCUT2D eigenvalue weighted by atomic mass is 32.2. The third-order valence-corrected chi connectivity index (χ3v) is 5.26. The smallest absolute Gasteiger partial charge is 0.261 e. The van der Waals surface area contributed by atoms with Crippen LogP contribution in [-0.2, 0) is 10.0 Å². The molecule has 134 valence electrons. The van der Waals surface area contributed by atoms with Crippen LogP contribution in [0.4, 0.5) is 5.69 Å². The van der Waals surface area contributed by atoms with Gasteiger partial charge >= 0.3 is 0 Å². The van der Waals surface area contributed by atoms with Gasteiger partial charge in [-0.25, -0.2) is 8.42 Å². The predicted molar refractivity (Wildman–Crippen MR) is 97.3 cm³/mol. The van der Waals surface area contributed by atoms with Crippen LogP contribution in [0, 0.1) is 6.92 Å².